The van der Waals surface area contributed by atoms with Gasteiger partial charge in [0.1, 0.15) is 11.4 Å². The van der Waals surface area contributed by atoms with Gasteiger partial charge in [-0.3, -0.25) is 4.90 Å². The molecule has 2 aliphatic rings. The smallest absolute Gasteiger partial charge is 0.125 e. The number of hydrogen-bond acceptors (Lipinski definition) is 4. The molecular formula is C20H34N2O2. The second-order valence-electron chi connectivity index (χ2n) is 7.42. The maximum Gasteiger partial charge on any atom is 0.125 e. The zero-order chi connectivity index (χ0) is 17.9. The second-order valence-corrected chi connectivity index (χ2v) is 7.42. The number of β-amino-alcohol motifs (C(OH)–C–C–N with tert-alkyl or cyclic N) is 1. The van der Waals surface area contributed by atoms with Gasteiger partial charge in [0.25, 0.3) is 0 Å². The third kappa shape index (κ3) is 4.42. The van der Waals surface area contributed by atoms with Crippen LogP contribution in [-0.4, -0.2) is 54.4 Å². The minimum atomic E-state index is -0.246. The summed E-state index contributed by atoms with van der Waals surface area (Å²) in [6, 6.07) is 4.52. The Kier molecular flexibility index (Phi) is 6.16. The summed E-state index contributed by atoms with van der Waals surface area (Å²) in [5.41, 5.74) is 3.89. The first-order valence-corrected chi connectivity index (χ1v) is 9.32. The van der Waals surface area contributed by atoms with Crippen LogP contribution in [0.25, 0.3) is 0 Å². The van der Waals surface area contributed by atoms with Gasteiger partial charge in [-0.2, -0.15) is 0 Å². The van der Waals surface area contributed by atoms with E-state index in [0.29, 0.717) is 0 Å². The van der Waals surface area contributed by atoms with Crippen LogP contribution in [0.15, 0.2) is 12.1 Å². The number of ether oxygens (including phenoxy) is 1. The van der Waals surface area contributed by atoms with Crippen LogP contribution < -0.4 is 9.64 Å². The van der Waals surface area contributed by atoms with E-state index in [-0.39, 0.29) is 11.7 Å². The third-order valence-electron chi connectivity index (χ3n) is 4.62. The topological polar surface area (TPSA) is 35.9 Å². The molecule has 0 aromatic heterocycles. The summed E-state index contributed by atoms with van der Waals surface area (Å²) in [5.74, 6) is 1.05. The highest BCUT2D eigenvalue weighted by Gasteiger charge is 2.31. The third-order valence-corrected chi connectivity index (χ3v) is 4.62. The Morgan fingerprint density at radius 1 is 1.17 bits per heavy atom. The van der Waals surface area contributed by atoms with Gasteiger partial charge in [0, 0.05) is 50.9 Å². The van der Waals surface area contributed by atoms with E-state index in [1.807, 2.05) is 20.8 Å². The van der Waals surface area contributed by atoms with Crippen molar-refractivity contribution in [2.45, 2.75) is 59.7 Å². The van der Waals surface area contributed by atoms with Gasteiger partial charge in [-0.1, -0.05) is 19.9 Å². The molecule has 1 fully saturated rings. The Labute approximate surface area is 147 Å². The van der Waals surface area contributed by atoms with E-state index in [2.05, 4.69) is 42.7 Å². The fraction of sp³-hybridized carbons (Fsp3) is 0.700. The predicted octanol–water partition coefficient (Wildman–Crippen LogP) is 3.24. The van der Waals surface area contributed by atoms with Crippen molar-refractivity contribution in [2.24, 2.45) is 0 Å². The van der Waals surface area contributed by atoms with E-state index in [4.69, 9.17) is 4.74 Å². The molecule has 4 nitrogen and oxygen atoms in total. The predicted molar refractivity (Wildman–Crippen MR) is 101 cm³/mol. The Balaban J connectivity index is 0.00000100. The van der Waals surface area contributed by atoms with Crippen LogP contribution in [0.4, 0.5) is 5.69 Å². The number of aliphatic hydroxyl groups is 1. The number of aliphatic hydroxyl groups excluding tert-OH is 1. The van der Waals surface area contributed by atoms with Crippen molar-refractivity contribution < 1.29 is 9.84 Å². The number of fused-ring (bicyclic) bond motifs is 1. The Hall–Kier alpha value is -1.26. The Bertz CT molecular complexity index is 547. The summed E-state index contributed by atoms with van der Waals surface area (Å²) in [5, 5.41) is 9.51. The standard InChI is InChI=1S/C18H28N2O2.C2H6/c1-13-9-15-11-18(3,4)22-17(15)10-16(13)20-7-5-19(6-8-20)12-14(2)21;1-2/h9-10,14,21H,5-8,11-12H2,1-4H3;1-2H3. The van der Waals surface area contributed by atoms with Crippen LogP contribution in [0.5, 0.6) is 5.75 Å². The molecular weight excluding hydrogens is 300 g/mol. The number of nitrogens with zero attached hydrogens (tertiary/aromatic N) is 2. The minimum Gasteiger partial charge on any atom is -0.487 e. The average molecular weight is 335 g/mol. The Morgan fingerprint density at radius 3 is 2.38 bits per heavy atom. The van der Waals surface area contributed by atoms with Gasteiger partial charge < -0.3 is 14.7 Å². The monoisotopic (exact) mass is 334 g/mol. The number of aryl methyl sites for hydroxylation is 1. The molecule has 0 bridgehead atoms. The summed E-state index contributed by atoms with van der Waals surface area (Å²) in [6.07, 6.45) is 0.745. The molecule has 1 saturated heterocycles. The van der Waals surface area contributed by atoms with Gasteiger partial charge in [0.2, 0.25) is 0 Å². The van der Waals surface area contributed by atoms with Gasteiger partial charge in [-0.15, -0.1) is 0 Å². The number of rotatable bonds is 3. The van der Waals surface area contributed by atoms with Crippen molar-refractivity contribution in [1.82, 2.24) is 4.90 Å². The van der Waals surface area contributed by atoms with Gasteiger partial charge in [-0.25, -0.2) is 0 Å². The first-order chi connectivity index (χ1) is 11.3. The quantitative estimate of drug-likeness (QED) is 0.920. The zero-order valence-electron chi connectivity index (χ0n) is 16.2. The van der Waals surface area contributed by atoms with E-state index < -0.39 is 0 Å². The lowest BCUT2D eigenvalue weighted by Crippen LogP contribution is -2.48. The summed E-state index contributed by atoms with van der Waals surface area (Å²) < 4.78 is 6.08. The lowest BCUT2D eigenvalue weighted by molar-refractivity contribution is 0.122. The van der Waals surface area contributed by atoms with E-state index in [9.17, 15) is 5.11 Å². The van der Waals surface area contributed by atoms with Crippen molar-refractivity contribution in [3.63, 3.8) is 0 Å². The molecule has 1 aromatic carbocycles. The van der Waals surface area contributed by atoms with E-state index in [1.54, 1.807) is 0 Å². The van der Waals surface area contributed by atoms with Crippen LogP contribution in [0.2, 0.25) is 0 Å². The first-order valence-electron chi connectivity index (χ1n) is 9.32. The lowest BCUT2D eigenvalue weighted by Gasteiger charge is -2.37. The molecule has 0 spiro atoms. The van der Waals surface area contributed by atoms with E-state index in [0.717, 1.165) is 44.9 Å². The van der Waals surface area contributed by atoms with Crippen LogP contribution >= 0.6 is 0 Å². The average Bonchev–Trinajstić information content (AvgIpc) is 2.82. The van der Waals surface area contributed by atoms with Crippen LogP contribution in [0.1, 0.15) is 45.7 Å². The fourth-order valence-corrected chi connectivity index (χ4v) is 3.65. The highest BCUT2D eigenvalue weighted by atomic mass is 16.5. The number of benzene rings is 1. The van der Waals surface area contributed by atoms with Crippen molar-refractivity contribution in [2.75, 3.05) is 37.6 Å². The molecule has 4 heteroatoms. The minimum absolute atomic E-state index is 0.0800. The molecule has 2 aliphatic heterocycles. The zero-order valence-corrected chi connectivity index (χ0v) is 16.2. The van der Waals surface area contributed by atoms with Crippen molar-refractivity contribution in [3.8, 4) is 5.75 Å². The van der Waals surface area contributed by atoms with Crippen molar-refractivity contribution in [1.29, 1.82) is 0 Å². The van der Waals surface area contributed by atoms with E-state index in [1.165, 1.54) is 16.8 Å². The Morgan fingerprint density at radius 2 is 1.79 bits per heavy atom. The van der Waals surface area contributed by atoms with Gasteiger partial charge >= 0.3 is 0 Å². The second kappa shape index (κ2) is 7.75. The molecule has 1 atom stereocenters. The molecule has 0 amide bonds. The van der Waals surface area contributed by atoms with Gasteiger partial charge in [0.15, 0.2) is 0 Å². The summed E-state index contributed by atoms with van der Waals surface area (Å²) >= 11 is 0. The highest BCUT2D eigenvalue weighted by Crippen LogP contribution is 2.39. The molecule has 2 heterocycles. The van der Waals surface area contributed by atoms with Gasteiger partial charge in [-0.05, 0) is 38.8 Å². The first kappa shape index (κ1) is 19.1. The maximum absolute atomic E-state index is 9.51. The molecule has 24 heavy (non-hydrogen) atoms. The number of anilines is 1. The van der Waals surface area contributed by atoms with Crippen molar-refractivity contribution in [3.05, 3.63) is 23.3 Å². The molecule has 1 unspecified atom stereocenters. The van der Waals surface area contributed by atoms with Crippen LogP contribution in [-0.2, 0) is 6.42 Å². The fourth-order valence-electron chi connectivity index (χ4n) is 3.65. The number of piperazine rings is 1. The molecule has 0 saturated carbocycles. The largest absolute Gasteiger partial charge is 0.487 e. The van der Waals surface area contributed by atoms with Crippen LogP contribution in [0.3, 0.4) is 0 Å². The molecule has 1 N–H and O–H groups in total. The molecule has 3 rings (SSSR count). The van der Waals surface area contributed by atoms with Gasteiger partial charge in [0.05, 0.1) is 6.10 Å². The highest BCUT2D eigenvalue weighted by molar-refractivity contribution is 5.61. The lowest BCUT2D eigenvalue weighted by atomic mass is 9.99. The summed E-state index contributed by atoms with van der Waals surface area (Å²) in [4.78, 5) is 4.78. The SMILES string of the molecule is CC.Cc1cc2c(cc1N1CCN(CC(C)O)CC1)OC(C)(C)C2. The molecule has 0 aliphatic carbocycles. The summed E-state index contributed by atoms with van der Waals surface area (Å²) in [7, 11) is 0. The van der Waals surface area contributed by atoms with Crippen LogP contribution in [0, 0.1) is 6.92 Å². The molecule has 136 valence electrons. The normalized spacial score (nSPS) is 20.7. The maximum atomic E-state index is 9.51. The van der Waals surface area contributed by atoms with E-state index >= 15 is 0 Å². The molecule has 1 aromatic rings. The molecule has 0 radical (unpaired) electrons. The summed E-state index contributed by atoms with van der Waals surface area (Å²) in [6.45, 7) is 17.2. The number of hydrogen-bond donors (Lipinski definition) is 1. The van der Waals surface area contributed by atoms with Crippen molar-refractivity contribution >= 4 is 5.69 Å².